The lowest BCUT2D eigenvalue weighted by Gasteiger charge is -2.29. The second-order valence-electron chi connectivity index (χ2n) is 5.65. The lowest BCUT2D eigenvalue weighted by Crippen LogP contribution is -2.35. The number of sulfone groups is 1. The van der Waals surface area contributed by atoms with E-state index >= 15 is 0 Å². The van der Waals surface area contributed by atoms with E-state index in [2.05, 4.69) is 5.32 Å². The molecule has 0 spiro atoms. The molecule has 2 rings (SSSR count). The number of carbonyl (C=O) groups is 1. The van der Waals surface area contributed by atoms with E-state index in [1.54, 1.807) is 0 Å². The minimum Gasteiger partial charge on any atom is -0.481 e. The maximum absolute atomic E-state index is 12.8. The Balaban J connectivity index is 0.00000312. The number of aliphatic carboxylic acids is 1. The molecule has 144 valence electrons. The predicted molar refractivity (Wildman–Crippen MR) is 96.4 cm³/mol. The Morgan fingerprint density at radius 1 is 1.48 bits per heavy atom. The molecule has 8 nitrogen and oxygen atoms in total. The molecule has 0 fully saturated rings. The van der Waals surface area contributed by atoms with Crippen LogP contribution in [0.5, 0.6) is 0 Å². The fourth-order valence-corrected chi connectivity index (χ4v) is 7.58. The van der Waals surface area contributed by atoms with E-state index in [9.17, 15) is 21.6 Å². The third-order valence-corrected chi connectivity index (χ3v) is 9.29. The summed E-state index contributed by atoms with van der Waals surface area (Å²) >= 11 is 0.665. The average molecular weight is 433 g/mol. The molecule has 12 heteroatoms. The molecule has 1 aromatic heterocycles. The van der Waals surface area contributed by atoms with Crippen LogP contribution in [0.25, 0.3) is 0 Å². The van der Waals surface area contributed by atoms with Crippen LogP contribution in [-0.2, 0) is 24.7 Å². The topological polar surface area (TPSA) is 144 Å². The standard InChI is InChI=1S/C13H20N2O6S3.ClH/c1-2-15-10-6-8(4-3-5-11(16)17)23(18,19)13-9(10)7-12(22-13)24(14,20)21;/h7-8,10,15H,2-6H2,1H3,(H,16,17)(H2,14,20,21);1H/t8-,10-;/m0./s1. The SMILES string of the molecule is CCN[C@H]1C[C@H](CCCC(=O)O)S(=O)(=O)c2sc(S(N)(=O)=O)cc21.Cl. The zero-order valence-electron chi connectivity index (χ0n) is 13.5. The molecule has 0 radical (unpaired) electrons. The lowest BCUT2D eigenvalue weighted by molar-refractivity contribution is -0.137. The highest BCUT2D eigenvalue weighted by atomic mass is 35.5. The highest BCUT2D eigenvalue weighted by Gasteiger charge is 2.41. The van der Waals surface area contributed by atoms with E-state index in [4.69, 9.17) is 10.2 Å². The second-order valence-corrected chi connectivity index (χ2v) is 10.9. The fourth-order valence-electron chi connectivity index (χ4n) is 2.83. The van der Waals surface area contributed by atoms with Gasteiger partial charge < -0.3 is 10.4 Å². The smallest absolute Gasteiger partial charge is 0.303 e. The molecule has 0 aromatic carbocycles. The van der Waals surface area contributed by atoms with E-state index in [1.807, 2.05) is 6.92 Å². The van der Waals surface area contributed by atoms with Crippen LogP contribution in [0.4, 0.5) is 0 Å². The summed E-state index contributed by atoms with van der Waals surface area (Å²) in [5.41, 5.74) is 0.431. The summed E-state index contributed by atoms with van der Waals surface area (Å²) in [6.07, 6.45) is 0.653. The lowest BCUT2D eigenvalue weighted by atomic mass is 10.0. The number of carboxylic acids is 1. The van der Waals surface area contributed by atoms with Crippen molar-refractivity contribution >= 4 is 49.6 Å². The first kappa shape index (κ1) is 22.3. The van der Waals surface area contributed by atoms with Gasteiger partial charge in [-0.2, -0.15) is 0 Å². The first-order chi connectivity index (χ1) is 11.1. The van der Waals surface area contributed by atoms with Gasteiger partial charge in [0.15, 0.2) is 9.84 Å². The highest BCUT2D eigenvalue weighted by molar-refractivity contribution is 7.95. The van der Waals surface area contributed by atoms with Crippen LogP contribution in [0, 0.1) is 0 Å². The monoisotopic (exact) mass is 432 g/mol. The van der Waals surface area contributed by atoms with Crippen LogP contribution < -0.4 is 10.5 Å². The molecule has 0 bridgehead atoms. The number of hydrogen-bond donors (Lipinski definition) is 3. The average Bonchev–Trinajstić information content (AvgIpc) is 2.90. The Morgan fingerprint density at radius 3 is 2.64 bits per heavy atom. The number of primary sulfonamides is 1. The molecular weight excluding hydrogens is 412 g/mol. The molecule has 1 aromatic rings. The Hall–Kier alpha value is -0.720. The number of thiophene rings is 1. The normalized spacial score (nSPS) is 22.0. The third kappa shape index (κ3) is 4.92. The summed E-state index contributed by atoms with van der Waals surface area (Å²) in [7, 11) is -7.69. The number of nitrogens with one attached hydrogen (secondary N) is 1. The van der Waals surface area contributed by atoms with Gasteiger partial charge in [0.1, 0.15) is 8.42 Å². The number of rotatable bonds is 7. The van der Waals surface area contributed by atoms with Gasteiger partial charge in [-0.25, -0.2) is 22.0 Å². The minimum atomic E-state index is -3.98. The van der Waals surface area contributed by atoms with Gasteiger partial charge in [0.2, 0.25) is 10.0 Å². The van der Waals surface area contributed by atoms with Crippen molar-refractivity contribution < 1.29 is 26.7 Å². The largest absolute Gasteiger partial charge is 0.481 e. The van der Waals surface area contributed by atoms with Crippen LogP contribution >= 0.6 is 23.7 Å². The van der Waals surface area contributed by atoms with E-state index < -0.39 is 31.1 Å². The first-order valence-corrected chi connectivity index (χ1v) is 11.3. The predicted octanol–water partition coefficient (Wildman–Crippen LogP) is 1.27. The number of hydrogen-bond acceptors (Lipinski definition) is 7. The number of carboxylic acid groups (broad SMARTS) is 1. The Labute approximate surface area is 157 Å². The van der Waals surface area contributed by atoms with E-state index in [1.165, 1.54) is 6.07 Å². The summed E-state index contributed by atoms with van der Waals surface area (Å²) in [5.74, 6) is -0.972. The van der Waals surface area contributed by atoms with Gasteiger partial charge in [-0.15, -0.1) is 23.7 Å². The van der Waals surface area contributed by atoms with Crippen molar-refractivity contribution in [1.29, 1.82) is 0 Å². The van der Waals surface area contributed by atoms with Crippen molar-refractivity contribution in [2.45, 2.75) is 52.3 Å². The molecule has 0 saturated heterocycles. The zero-order valence-corrected chi connectivity index (χ0v) is 16.7. The van der Waals surface area contributed by atoms with Crippen molar-refractivity contribution in [2.75, 3.05) is 6.54 Å². The van der Waals surface area contributed by atoms with Gasteiger partial charge in [-0.3, -0.25) is 4.79 Å². The van der Waals surface area contributed by atoms with Crippen molar-refractivity contribution in [3.63, 3.8) is 0 Å². The molecule has 2 atom stereocenters. The fraction of sp³-hybridized carbons (Fsp3) is 0.615. The van der Waals surface area contributed by atoms with Crippen LogP contribution in [0.15, 0.2) is 14.5 Å². The highest BCUT2D eigenvalue weighted by Crippen LogP contribution is 2.43. The summed E-state index contributed by atoms with van der Waals surface area (Å²) in [5, 5.41) is 16.3. The number of nitrogens with two attached hydrogens (primary N) is 1. The molecule has 0 aliphatic carbocycles. The molecule has 0 saturated carbocycles. The summed E-state index contributed by atoms with van der Waals surface area (Å²) < 4.78 is 48.5. The van der Waals surface area contributed by atoms with E-state index in [-0.39, 0.29) is 52.6 Å². The van der Waals surface area contributed by atoms with Crippen molar-refractivity contribution in [1.82, 2.24) is 5.32 Å². The molecule has 0 amide bonds. The summed E-state index contributed by atoms with van der Waals surface area (Å²) in [6, 6.07) is 1.03. The van der Waals surface area contributed by atoms with Crippen LogP contribution in [0.1, 0.15) is 44.2 Å². The van der Waals surface area contributed by atoms with Crippen molar-refractivity contribution in [3.8, 4) is 0 Å². The second kappa shape index (κ2) is 8.31. The summed E-state index contributed by atoms with van der Waals surface area (Å²) in [4.78, 5) is 10.6. The Morgan fingerprint density at radius 2 is 2.12 bits per heavy atom. The molecule has 25 heavy (non-hydrogen) atoms. The van der Waals surface area contributed by atoms with Crippen LogP contribution in [0.3, 0.4) is 0 Å². The quantitative estimate of drug-likeness (QED) is 0.588. The van der Waals surface area contributed by atoms with Gasteiger partial charge in [0.05, 0.1) is 5.25 Å². The summed E-state index contributed by atoms with van der Waals surface area (Å²) in [6.45, 7) is 2.46. The maximum Gasteiger partial charge on any atom is 0.303 e. The van der Waals surface area contributed by atoms with Gasteiger partial charge in [-0.05, 0) is 31.9 Å². The molecule has 1 aliphatic heterocycles. The van der Waals surface area contributed by atoms with Crippen LogP contribution in [-0.4, -0.2) is 39.7 Å². The van der Waals surface area contributed by atoms with Crippen molar-refractivity contribution in [2.24, 2.45) is 5.14 Å². The Kier molecular flexibility index (Phi) is 7.42. The maximum atomic E-state index is 12.8. The number of halogens is 1. The molecule has 2 heterocycles. The van der Waals surface area contributed by atoms with Gasteiger partial charge in [0.25, 0.3) is 0 Å². The molecule has 1 aliphatic rings. The van der Waals surface area contributed by atoms with E-state index in [0.717, 1.165) is 0 Å². The number of sulfonamides is 1. The first-order valence-electron chi connectivity index (χ1n) is 7.43. The minimum absolute atomic E-state index is 0. The molecule has 0 unspecified atom stereocenters. The number of fused-ring (bicyclic) bond motifs is 1. The molecular formula is C13H21ClN2O6S3. The van der Waals surface area contributed by atoms with Gasteiger partial charge in [-0.1, -0.05) is 6.92 Å². The Bertz CT molecular complexity index is 834. The van der Waals surface area contributed by atoms with Gasteiger partial charge >= 0.3 is 5.97 Å². The zero-order chi connectivity index (χ0) is 18.1. The van der Waals surface area contributed by atoms with E-state index in [0.29, 0.717) is 23.4 Å². The third-order valence-electron chi connectivity index (χ3n) is 3.92. The van der Waals surface area contributed by atoms with Gasteiger partial charge in [0, 0.05) is 18.0 Å². The molecule has 4 N–H and O–H groups in total. The van der Waals surface area contributed by atoms with Crippen molar-refractivity contribution in [3.05, 3.63) is 11.6 Å². The van der Waals surface area contributed by atoms with Crippen LogP contribution in [0.2, 0.25) is 0 Å².